The number of carbonyl (C=O) groups excluding carboxylic acids is 1. The molecule has 0 aliphatic carbocycles. The minimum atomic E-state index is -0.514. The predicted octanol–water partition coefficient (Wildman–Crippen LogP) is 3.06. The summed E-state index contributed by atoms with van der Waals surface area (Å²) in [6, 6.07) is 6.53. The molecule has 1 aliphatic heterocycles. The number of nitrogens with zero attached hydrogens (tertiary/aromatic N) is 1. The normalized spacial score (nSPS) is 18.2. The van der Waals surface area contributed by atoms with E-state index in [-0.39, 0.29) is 5.91 Å². The number of amides is 1. The maximum Gasteiger partial charge on any atom is 0.337 e. The SMILES string of the molecule is CCOc1ccc2c(C(=O)N3CCCC(C)C3)cc(=O)oc2c1. The second kappa shape index (κ2) is 6.44. The summed E-state index contributed by atoms with van der Waals surface area (Å²) in [5, 5.41) is 0.649. The summed E-state index contributed by atoms with van der Waals surface area (Å²) in [6.07, 6.45) is 2.14. The molecule has 5 nitrogen and oxygen atoms in total. The number of ether oxygens (including phenoxy) is 1. The third-order valence-corrected chi connectivity index (χ3v) is 4.20. The predicted molar refractivity (Wildman–Crippen MR) is 88.0 cm³/mol. The first-order chi connectivity index (χ1) is 11.1. The molecule has 1 atom stereocenters. The first-order valence-corrected chi connectivity index (χ1v) is 8.08. The summed E-state index contributed by atoms with van der Waals surface area (Å²) in [7, 11) is 0. The molecule has 0 bridgehead atoms. The number of benzene rings is 1. The second-order valence-corrected chi connectivity index (χ2v) is 6.07. The van der Waals surface area contributed by atoms with Crippen LogP contribution >= 0.6 is 0 Å². The molecule has 0 radical (unpaired) electrons. The number of piperidine rings is 1. The third kappa shape index (κ3) is 3.23. The Morgan fingerprint density at radius 3 is 2.96 bits per heavy atom. The molecule has 1 aromatic heterocycles. The van der Waals surface area contributed by atoms with Crippen LogP contribution in [0.5, 0.6) is 5.75 Å². The van der Waals surface area contributed by atoms with E-state index in [1.165, 1.54) is 6.07 Å². The van der Waals surface area contributed by atoms with Crippen molar-refractivity contribution in [3.63, 3.8) is 0 Å². The average molecular weight is 315 g/mol. The van der Waals surface area contributed by atoms with Gasteiger partial charge in [-0.1, -0.05) is 6.92 Å². The average Bonchev–Trinajstić information content (AvgIpc) is 2.53. The standard InChI is InChI=1S/C18H21NO4/c1-3-22-13-6-7-14-15(10-17(20)23-16(14)9-13)18(21)19-8-4-5-12(2)11-19/h6-7,9-10,12H,3-5,8,11H2,1-2H3. The molecular formula is C18H21NO4. The number of fused-ring (bicyclic) bond motifs is 1. The fraction of sp³-hybridized carbons (Fsp3) is 0.444. The van der Waals surface area contributed by atoms with E-state index in [9.17, 15) is 9.59 Å². The summed E-state index contributed by atoms with van der Waals surface area (Å²) < 4.78 is 10.7. The molecule has 1 unspecified atom stereocenters. The second-order valence-electron chi connectivity index (χ2n) is 6.07. The zero-order valence-corrected chi connectivity index (χ0v) is 13.5. The lowest BCUT2D eigenvalue weighted by molar-refractivity contribution is 0.0684. The van der Waals surface area contributed by atoms with Crippen molar-refractivity contribution < 1.29 is 13.9 Å². The lowest BCUT2D eigenvalue weighted by Crippen LogP contribution is -2.39. The van der Waals surface area contributed by atoms with Gasteiger partial charge in [0.15, 0.2) is 0 Å². The first-order valence-electron chi connectivity index (χ1n) is 8.08. The summed E-state index contributed by atoms with van der Waals surface area (Å²) in [4.78, 5) is 26.5. The molecule has 5 heteroatoms. The van der Waals surface area contributed by atoms with Crippen molar-refractivity contribution in [1.29, 1.82) is 0 Å². The van der Waals surface area contributed by atoms with Gasteiger partial charge in [-0.25, -0.2) is 4.79 Å². The highest BCUT2D eigenvalue weighted by Crippen LogP contribution is 2.25. The number of rotatable bonds is 3. The van der Waals surface area contributed by atoms with E-state index in [4.69, 9.17) is 9.15 Å². The van der Waals surface area contributed by atoms with Crippen LogP contribution in [-0.4, -0.2) is 30.5 Å². The molecule has 1 aliphatic rings. The van der Waals surface area contributed by atoms with E-state index in [0.717, 1.165) is 25.9 Å². The minimum Gasteiger partial charge on any atom is -0.494 e. The Morgan fingerprint density at radius 1 is 1.39 bits per heavy atom. The van der Waals surface area contributed by atoms with Gasteiger partial charge < -0.3 is 14.1 Å². The van der Waals surface area contributed by atoms with Crippen LogP contribution in [0.4, 0.5) is 0 Å². The maximum atomic E-state index is 12.8. The zero-order valence-electron chi connectivity index (χ0n) is 13.5. The van der Waals surface area contributed by atoms with Crippen LogP contribution < -0.4 is 10.4 Å². The molecule has 2 aromatic rings. The zero-order chi connectivity index (χ0) is 16.4. The summed E-state index contributed by atoms with van der Waals surface area (Å²) >= 11 is 0. The van der Waals surface area contributed by atoms with Gasteiger partial charge in [0.05, 0.1) is 12.2 Å². The fourth-order valence-corrected chi connectivity index (χ4v) is 3.12. The van der Waals surface area contributed by atoms with Crippen LogP contribution in [0.2, 0.25) is 0 Å². The number of carbonyl (C=O) groups is 1. The number of likely N-dealkylation sites (tertiary alicyclic amines) is 1. The Labute approximate surface area is 134 Å². The Kier molecular flexibility index (Phi) is 4.37. The van der Waals surface area contributed by atoms with Crippen molar-refractivity contribution in [3.8, 4) is 5.75 Å². The van der Waals surface area contributed by atoms with Crippen molar-refractivity contribution in [3.05, 3.63) is 40.2 Å². The highest BCUT2D eigenvalue weighted by molar-refractivity contribution is 6.05. The molecule has 23 heavy (non-hydrogen) atoms. The monoisotopic (exact) mass is 315 g/mol. The molecule has 0 spiro atoms. The fourth-order valence-electron chi connectivity index (χ4n) is 3.12. The van der Waals surface area contributed by atoms with Crippen molar-refractivity contribution in [2.45, 2.75) is 26.7 Å². The van der Waals surface area contributed by atoms with E-state index in [1.54, 1.807) is 18.2 Å². The van der Waals surface area contributed by atoms with Crippen LogP contribution in [0, 0.1) is 5.92 Å². The Hall–Kier alpha value is -2.30. The van der Waals surface area contributed by atoms with Crippen LogP contribution in [0.25, 0.3) is 11.0 Å². The molecule has 0 saturated carbocycles. The van der Waals surface area contributed by atoms with Crippen molar-refractivity contribution >= 4 is 16.9 Å². The Balaban J connectivity index is 2.02. The van der Waals surface area contributed by atoms with E-state index in [2.05, 4.69) is 6.92 Å². The van der Waals surface area contributed by atoms with Gasteiger partial charge in [0, 0.05) is 30.6 Å². The molecule has 1 fully saturated rings. The quantitative estimate of drug-likeness (QED) is 0.817. The molecule has 1 aromatic carbocycles. The van der Waals surface area contributed by atoms with Gasteiger partial charge in [-0.05, 0) is 37.8 Å². The van der Waals surface area contributed by atoms with Crippen LogP contribution in [0.3, 0.4) is 0 Å². The molecule has 3 rings (SSSR count). The van der Waals surface area contributed by atoms with Gasteiger partial charge in [0.25, 0.3) is 5.91 Å². The molecule has 122 valence electrons. The van der Waals surface area contributed by atoms with Gasteiger partial charge in [-0.3, -0.25) is 4.79 Å². The summed E-state index contributed by atoms with van der Waals surface area (Å²) in [6.45, 7) is 6.03. The van der Waals surface area contributed by atoms with Gasteiger partial charge in [0.1, 0.15) is 11.3 Å². The Bertz CT molecular complexity index is 780. The van der Waals surface area contributed by atoms with E-state index >= 15 is 0 Å². The van der Waals surface area contributed by atoms with Crippen molar-refractivity contribution in [2.24, 2.45) is 5.92 Å². The van der Waals surface area contributed by atoms with E-state index in [0.29, 0.717) is 34.8 Å². The maximum absolute atomic E-state index is 12.8. The molecule has 2 heterocycles. The highest BCUT2D eigenvalue weighted by Gasteiger charge is 2.24. The largest absolute Gasteiger partial charge is 0.494 e. The number of hydrogen-bond donors (Lipinski definition) is 0. The molecule has 1 saturated heterocycles. The van der Waals surface area contributed by atoms with Crippen molar-refractivity contribution in [1.82, 2.24) is 4.90 Å². The van der Waals surface area contributed by atoms with Gasteiger partial charge in [-0.15, -0.1) is 0 Å². The third-order valence-electron chi connectivity index (χ3n) is 4.20. The topological polar surface area (TPSA) is 59.8 Å². The Morgan fingerprint density at radius 2 is 2.22 bits per heavy atom. The summed E-state index contributed by atoms with van der Waals surface area (Å²) in [5.41, 5.74) is 0.282. The van der Waals surface area contributed by atoms with E-state index in [1.807, 2.05) is 11.8 Å². The molecular weight excluding hydrogens is 294 g/mol. The van der Waals surface area contributed by atoms with E-state index < -0.39 is 5.63 Å². The molecule has 0 N–H and O–H groups in total. The van der Waals surface area contributed by atoms with Crippen LogP contribution in [-0.2, 0) is 0 Å². The van der Waals surface area contributed by atoms with Crippen molar-refractivity contribution in [2.75, 3.05) is 19.7 Å². The van der Waals surface area contributed by atoms with Gasteiger partial charge in [-0.2, -0.15) is 0 Å². The van der Waals surface area contributed by atoms with Crippen LogP contribution in [0.1, 0.15) is 37.0 Å². The van der Waals surface area contributed by atoms with Gasteiger partial charge >= 0.3 is 5.63 Å². The first kappa shape index (κ1) is 15.6. The molecule has 1 amide bonds. The van der Waals surface area contributed by atoms with Crippen LogP contribution in [0.15, 0.2) is 33.5 Å². The lowest BCUT2D eigenvalue weighted by Gasteiger charge is -2.31. The number of hydrogen-bond acceptors (Lipinski definition) is 4. The lowest BCUT2D eigenvalue weighted by atomic mass is 9.99. The minimum absolute atomic E-state index is 0.0985. The summed E-state index contributed by atoms with van der Waals surface area (Å²) in [5.74, 6) is 1.02. The highest BCUT2D eigenvalue weighted by atomic mass is 16.5. The van der Waals surface area contributed by atoms with Gasteiger partial charge in [0.2, 0.25) is 0 Å². The smallest absolute Gasteiger partial charge is 0.337 e.